The number of carbonyl (C=O) groups excluding carboxylic acids is 2. The number of nitrogens with zero attached hydrogens (tertiary/aromatic N) is 3. The number of hydrogen-bond donors (Lipinski definition) is 0. The Balaban J connectivity index is 1.75. The molecule has 0 radical (unpaired) electrons. The lowest BCUT2D eigenvalue weighted by Gasteiger charge is -2.29. The predicted octanol–water partition coefficient (Wildman–Crippen LogP) is 6.77. The Morgan fingerprint density at radius 1 is 0.902 bits per heavy atom. The highest BCUT2D eigenvalue weighted by Gasteiger charge is 2.31. The lowest BCUT2D eigenvalue weighted by Crippen LogP contribution is -2.42. The largest absolute Gasteiger partial charge is 0.487 e. The number of likely N-dealkylation sites (N-methyl/N-ethyl adjacent to an activating group) is 1. The van der Waals surface area contributed by atoms with Crippen molar-refractivity contribution >= 4 is 11.6 Å². The second-order valence-electron chi connectivity index (χ2n) is 12.8. The SMILES string of the molecule is CC(C)CCN(C)C(Cc1cccnc1)C(=O)CC(Cc1ccc(OCc2ccccn2)cc1)C(=O)CC(C)(C)C. The van der Waals surface area contributed by atoms with Gasteiger partial charge in [0.1, 0.15) is 18.1 Å². The first kappa shape index (κ1) is 32.1. The number of carbonyl (C=O) groups is 2. The van der Waals surface area contributed by atoms with Crippen LogP contribution in [0.1, 0.15) is 70.7 Å². The Hall–Kier alpha value is -3.38. The molecule has 0 aliphatic heterocycles. The number of hydrogen-bond acceptors (Lipinski definition) is 6. The molecule has 0 fully saturated rings. The van der Waals surface area contributed by atoms with Crippen LogP contribution in [0.25, 0.3) is 0 Å². The first-order chi connectivity index (χ1) is 19.5. The lowest BCUT2D eigenvalue weighted by molar-refractivity contribution is -0.131. The average Bonchev–Trinajstić information content (AvgIpc) is 2.94. The fourth-order valence-electron chi connectivity index (χ4n) is 4.87. The maximum Gasteiger partial charge on any atom is 0.151 e. The molecule has 2 atom stereocenters. The second kappa shape index (κ2) is 15.6. The predicted molar refractivity (Wildman–Crippen MR) is 165 cm³/mol. The smallest absolute Gasteiger partial charge is 0.151 e. The molecule has 0 N–H and O–H groups in total. The van der Waals surface area contributed by atoms with E-state index >= 15 is 0 Å². The molecule has 2 aromatic heterocycles. The second-order valence-corrected chi connectivity index (χ2v) is 12.8. The molecule has 2 heterocycles. The van der Waals surface area contributed by atoms with E-state index in [1.165, 1.54) is 0 Å². The topological polar surface area (TPSA) is 72.4 Å². The highest BCUT2D eigenvalue weighted by molar-refractivity contribution is 5.91. The van der Waals surface area contributed by atoms with E-state index < -0.39 is 0 Å². The average molecular weight is 558 g/mol. The van der Waals surface area contributed by atoms with Crippen LogP contribution in [-0.4, -0.2) is 46.1 Å². The summed E-state index contributed by atoms with van der Waals surface area (Å²) in [5.41, 5.74) is 2.76. The highest BCUT2D eigenvalue weighted by Crippen LogP contribution is 2.27. The minimum absolute atomic E-state index is 0.114. The van der Waals surface area contributed by atoms with Gasteiger partial charge < -0.3 is 4.74 Å². The van der Waals surface area contributed by atoms with Gasteiger partial charge in [-0.05, 0) is 85.6 Å². The van der Waals surface area contributed by atoms with Crippen LogP contribution < -0.4 is 4.74 Å². The fraction of sp³-hybridized carbons (Fsp3) is 0.486. The molecule has 41 heavy (non-hydrogen) atoms. The van der Waals surface area contributed by atoms with Crippen molar-refractivity contribution in [3.05, 3.63) is 90.0 Å². The van der Waals surface area contributed by atoms with Crippen LogP contribution in [0.3, 0.4) is 0 Å². The van der Waals surface area contributed by atoms with Gasteiger partial charge >= 0.3 is 0 Å². The molecule has 1 aromatic carbocycles. The number of aromatic nitrogens is 2. The summed E-state index contributed by atoms with van der Waals surface area (Å²) in [6.45, 7) is 11.8. The molecule has 3 aromatic rings. The molecule has 0 saturated carbocycles. The number of ether oxygens (including phenoxy) is 1. The Morgan fingerprint density at radius 2 is 1.66 bits per heavy atom. The number of Topliss-reactive ketones (excluding diaryl/α,β-unsaturated/α-hetero) is 2. The van der Waals surface area contributed by atoms with E-state index in [1.54, 1.807) is 12.4 Å². The van der Waals surface area contributed by atoms with E-state index in [0.29, 0.717) is 31.8 Å². The van der Waals surface area contributed by atoms with Crippen molar-refractivity contribution in [1.29, 1.82) is 0 Å². The molecule has 6 heteroatoms. The Labute approximate surface area is 246 Å². The molecular formula is C35H47N3O3. The first-order valence-electron chi connectivity index (χ1n) is 14.8. The number of rotatable bonds is 16. The van der Waals surface area contributed by atoms with E-state index in [-0.39, 0.29) is 35.4 Å². The summed E-state index contributed by atoms with van der Waals surface area (Å²) in [5.74, 6) is 1.17. The maximum absolute atomic E-state index is 13.9. The summed E-state index contributed by atoms with van der Waals surface area (Å²) in [6.07, 6.45) is 8.11. The van der Waals surface area contributed by atoms with Gasteiger partial charge in [0, 0.05) is 37.4 Å². The zero-order valence-corrected chi connectivity index (χ0v) is 25.7. The van der Waals surface area contributed by atoms with E-state index in [9.17, 15) is 9.59 Å². The third-order valence-corrected chi connectivity index (χ3v) is 7.24. The van der Waals surface area contributed by atoms with Crippen LogP contribution in [0.2, 0.25) is 0 Å². The maximum atomic E-state index is 13.9. The van der Waals surface area contributed by atoms with Gasteiger partial charge in [-0.25, -0.2) is 0 Å². The monoisotopic (exact) mass is 557 g/mol. The molecule has 0 aliphatic rings. The van der Waals surface area contributed by atoms with Crippen molar-refractivity contribution in [2.45, 2.75) is 79.4 Å². The van der Waals surface area contributed by atoms with Crippen molar-refractivity contribution in [1.82, 2.24) is 14.9 Å². The molecule has 3 rings (SSSR count). The summed E-state index contributed by atoms with van der Waals surface area (Å²) in [5, 5.41) is 0. The van der Waals surface area contributed by atoms with Crippen molar-refractivity contribution in [3.63, 3.8) is 0 Å². The first-order valence-corrected chi connectivity index (χ1v) is 14.8. The molecule has 2 unspecified atom stereocenters. The minimum atomic E-state index is -0.378. The summed E-state index contributed by atoms with van der Waals surface area (Å²) in [4.78, 5) is 38.2. The van der Waals surface area contributed by atoms with Gasteiger partial charge in [0.25, 0.3) is 0 Å². The molecular weight excluding hydrogens is 510 g/mol. The van der Waals surface area contributed by atoms with Crippen molar-refractivity contribution in [2.75, 3.05) is 13.6 Å². The third kappa shape index (κ3) is 11.6. The number of benzene rings is 1. The van der Waals surface area contributed by atoms with Crippen LogP contribution >= 0.6 is 0 Å². The quantitative estimate of drug-likeness (QED) is 0.194. The van der Waals surface area contributed by atoms with Crippen LogP contribution in [0.15, 0.2) is 73.2 Å². The Bertz CT molecular complexity index is 1200. The number of pyridine rings is 2. The summed E-state index contributed by atoms with van der Waals surface area (Å²) >= 11 is 0. The normalized spacial score (nSPS) is 13.3. The zero-order valence-electron chi connectivity index (χ0n) is 25.7. The highest BCUT2D eigenvalue weighted by atomic mass is 16.5. The fourth-order valence-corrected chi connectivity index (χ4v) is 4.87. The molecule has 0 spiro atoms. The summed E-state index contributed by atoms with van der Waals surface area (Å²) in [6, 6.07) is 17.2. The van der Waals surface area contributed by atoms with Crippen molar-refractivity contribution < 1.29 is 14.3 Å². The minimum Gasteiger partial charge on any atom is -0.487 e. The van der Waals surface area contributed by atoms with Crippen LogP contribution in [0, 0.1) is 17.3 Å². The van der Waals surface area contributed by atoms with Gasteiger partial charge in [0.15, 0.2) is 5.78 Å². The van der Waals surface area contributed by atoms with Gasteiger partial charge in [-0.1, -0.05) is 58.9 Å². The van der Waals surface area contributed by atoms with Gasteiger partial charge in [-0.15, -0.1) is 0 Å². The van der Waals surface area contributed by atoms with Crippen molar-refractivity contribution in [3.8, 4) is 5.75 Å². The van der Waals surface area contributed by atoms with Crippen LogP contribution in [0.4, 0.5) is 0 Å². The lowest BCUT2D eigenvalue weighted by atomic mass is 9.80. The molecule has 0 amide bonds. The Kier molecular flexibility index (Phi) is 12.2. The van der Waals surface area contributed by atoms with Crippen LogP contribution in [0.5, 0.6) is 5.75 Å². The summed E-state index contributed by atoms with van der Waals surface area (Å²) in [7, 11) is 2.02. The van der Waals surface area contributed by atoms with Crippen LogP contribution in [-0.2, 0) is 29.0 Å². The molecule has 220 valence electrons. The zero-order chi connectivity index (χ0) is 29.8. The standard InChI is InChI=1S/C35H47N3O3/c1-26(2)16-19-38(6)32(21-28-10-9-17-36-24-28)33(39)22-29(34(40)23-35(3,4)5)20-27-12-14-31(15-13-27)41-25-30-11-7-8-18-37-30/h7-15,17-18,24,26,29,32H,16,19-23,25H2,1-6H3. The van der Waals surface area contributed by atoms with Gasteiger partial charge in [-0.3, -0.25) is 24.5 Å². The van der Waals surface area contributed by atoms with E-state index in [0.717, 1.165) is 35.5 Å². The van der Waals surface area contributed by atoms with E-state index in [4.69, 9.17) is 4.74 Å². The van der Waals surface area contributed by atoms with Crippen molar-refractivity contribution in [2.24, 2.45) is 17.3 Å². The van der Waals surface area contributed by atoms with Gasteiger partial charge in [-0.2, -0.15) is 0 Å². The molecule has 0 saturated heterocycles. The molecule has 6 nitrogen and oxygen atoms in total. The van der Waals surface area contributed by atoms with E-state index in [1.807, 2.05) is 67.8 Å². The third-order valence-electron chi connectivity index (χ3n) is 7.24. The van der Waals surface area contributed by atoms with Gasteiger partial charge in [0.2, 0.25) is 0 Å². The summed E-state index contributed by atoms with van der Waals surface area (Å²) < 4.78 is 5.89. The number of ketones is 2. The molecule has 0 bridgehead atoms. The molecule has 0 aliphatic carbocycles. The Morgan fingerprint density at radius 3 is 2.27 bits per heavy atom. The van der Waals surface area contributed by atoms with E-state index in [2.05, 4.69) is 49.5 Å². The van der Waals surface area contributed by atoms with Gasteiger partial charge in [0.05, 0.1) is 11.7 Å².